The van der Waals surface area contributed by atoms with Crippen LogP contribution in [0.1, 0.15) is 64.4 Å². The SMILES string of the molecule is CCCCCCc1ccc(-c2cnc(OCC(OC(=O)CCCC)C(F)(F)F)nc2)cc1. The van der Waals surface area contributed by atoms with Crippen molar-refractivity contribution in [2.45, 2.75) is 77.5 Å². The third kappa shape index (κ3) is 8.85. The number of aryl methyl sites for hydroxylation is 1. The van der Waals surface area contributed by atoms with Crippen molar-refractivity contribution in [2.24, 2.45) is 0 Å². The number of halogens is 3. The summed E-state index contributed by atoms with van der Waals surface area (Å²) in [6.45, 7) is 3.13. The quantitative estimate of drug-likeness (QED) is 0.263. The normalized spacial score (nSPS) is 12.4. The molecule has 0 saturated heterocycles. The summed E-state index contributed by atoms with van der Waals surface area (Å²) in [7, 11) is 0. The second kappa shape index (κ2) is 13.0. The lowest BCUT2D eigenvalue weighted by atomic mass is 10.0. The molecule has 1 atom stereocenters. The molecule has 0 amide bonds. The van der Waals surface area contributed by atoms with E-state index in [4.69, 9.17) is 4.74 Å². The van der Waals surface area contributed by atoms with Crippen molar-refractivity contribution in [3.05, 3.63) is 42.2 Å². The van der Waals surface area contributed by atoms with Gasteiger partial charge < -0.3 is 9.47 Å². The highest BCUT2D eigenvalue weighted by Crippen LogP contribution is 2.25. The Hall–Kier alpha value is -2.64. The molecule has 5 nitrogen and oxygen atoms in total. The first-order chi connectivity index (χ1) is 15.3. The first-order valence-electron chi connectivity index (χ1n) is 11.1. The number of esters is 1. The third-order valence-corrected chi connectivity index (χ3v) is 4.97. The number of hydrogen-bond acceptors (Lipinski definition) is 5. The molecule has 8 heteroatoms. The molecule has 0 spiro atoms. The number of carbonyl (C=O) groups is 1. The highest BCUT2D eigenvalue weighted by Gasteiger charge is 2.43. The van der Waals surface area contributed by atoms with Gasteiger partial charge in [0.2, 0.25) is 6.10 Å². The van der Waals surface area contributed by atoms with Crippen LogP contribution in [-0.2, 0) is 16.0 Å². The summed E-state index contributed by atoms with van der Waals surface area (Å²) < 4.78 is 49.0. The number of benzene rings is 1. The molecule has 0 N–H and O–H groups in total. The van der Waals surface area contributed by atoms with Crippen LogP contribution in [0.5, 0.6) is 6.01 Å². The number of carbonyl (C=O) groups excluding carboxylic acids is 1. The van der Waals surface area contributed by atoms with Crippen LogP contribution in [-0.4, -0.2) is 34.8 Å². The van der Waals surface area contributed by atoms with Crippen LogP contribution in [0.25, 0.3) is 11.1 Å². The first-order valence-corrected chi connectivity index (χ1v) is 11.1. The van der Waals surface area contributed by atoms with Gasteiger partial charge in [-0.3, -0.25) is 4.79 Å². The zero-order chi connectivity index (χ0) is 23.4. The molecule has 1 heterocycles. The Balaban J connectivity index is 1.91. The molecule has 2 rings (SSSR count). The van der Waals surface area contributed by atoms with Crippen molar-refractivity contribution >= 4 is 5.97 Å². The van der Waals surface area contributed by atoms with E-state index in [1.807, 2.05) is 19.1 Å². The van der Waals surface area contributed by atoms with Crippen molar-refractivity contribution in [3.63, 3.8) is 0 Å². The summed E-state index contributed by atoms with van der Waals surface area (Å²) in [5, 5.41) is 0. The number of hydrogen-bond donors (Lipinski definition) is 0. The molecule has 0 fully saturated rings. The van der Waals surface area contributed by atoms with Crippen LogP contribution in [0, 0.1) is 0 Å². The molecular weight excluding hydrogens is 421 g/mol. The second-order valence-corrected chi connectivity index (χ2v) is 7.70. The van der Waals surface area contributed by atoms with E-state index in [1.54, 1.807) is 0 Å². The van der Waals surface area contributed by atoms with Crippen LogP contribution in [0.4, 0.5) is 13.2 Å². The van der Waals surface area contributed by atoms with Gasteiger partial charge in [-0.2, -0.15) is 13.2 Å². The molecule has 0 aliphatic rings. The van der Waals surface area contributed by atoms with Gasteiger partial charge in [0.25, 0.3) is 0 Å². The largest absolute Gasteiger partial charge is 0.459 e. The summed E-state index contributed by atoms with van der Waals surface area (Å²) >= 11 is 0. The molecule has 32 heavy (non-hydrogen) atoms. The predicted octanol–water partition coefficient (Wildman–Crippen LogP) is 6.31. The standard InChI is InChI=1S/C24H31F3N2O3/c1-3-5-7-8-9-18-11-13-19(14-12-18)20-15-28-23(29-16-20)31-17-21(24(25,26)27)32-22(30)10-6-4-2/h11-16,21H,3-10,17H2,1-2H3. The van der Waals surface area contributed by atoms with Crippen molar-refractivity contribution < 1.29 is 27.4 Å². The predicted molar refractivity (Wildman–Crippen MR) is 116 cm³/mol. The monoisotopic (exact) mass is 452 g/mol. The molecule has 1 unspecified atom stereocenters. The van der Waals surface area contributed by atoms with Crippen LogP contribution in [0.2, 0.25) is 0 Å². The molecule has 0 aliphatic heterocycles. The van der Waals surface area contributed by atoms with Gasteiger partial charge in [0.15, 0.2) is 0 Å². The number of nitrogens with zero attached hydrogens (tertiary/aromatic N) is 2. The molecule has 1 aromatic carbocycles. The van der Waals surface area contributed by atoms with Crippen LogP contribution in [0.3, 0.4) is 0 Å². The first kappa shape index (κ1) is 25.6. The van der Waals surface area contributed by atoms with Gasteiger partial charge in [-0.25, -0.2) is 9.97 Å². The minimum Gasteiger partial charge on any atom is -0.459 e. The van der Waals surface area contributed by atoms with Gasteiger partial charge >= 0.3 is 18.2 Å². The lowest BCUT2D eigenvalue weighted by Crippen LogP contribution is -2.39. The fraction of sp³-hybridized carbons (Fsp3) is 0.542. The summed E-state index contributed by atoms with van der Waals surface area (Å²) in [4.78, 5) is 19.6. The molecule has 2 aromatic rings. The smallest absolute Gasteiger partial charge is 0.428 e. The maximum Gasteiger partial charge on any atom is 0.428 e. The van der Waals surface area contributed by atoms with Gasteiger partial charge in [-0.1, -0.05) is 63.8 Å². The van der Waals surface area contributed by atoms with Gasteiger partial charge in [-0.05, 0) is 30.4 Å². The second-order valence-electron chi connectivity index (χ2n) is 7.70. The van der Waals surface area contributed by atoms with Crippen molar-refractivity contribution in [2.75, 3.05) is 6.61 Å². The maximum absolute atomic E-state index is 13.1. The number of aromatic nitrogens is 2. The Morgan fingerprint density at radius 3 is 2.19 bits per heavy atom. The molecule has 176 valence electrons. The van der Waals surface area contributed by atoms with E-state index in [0.29, 0.717) is 12.8 Å². The third-order valence-electron chi connectivity index (χ3n) is 4.97. The Kier molecular flexibility index (Phi) is 10.4. The highest BCUT2D eigenvalue weighted by atomic mass is 19.4. The fourth-order valence-corrected chi connectivity index (χ4v) is 3.04. The minimum atomic E-state index is -4.74. The van der Waals surface area contributed by atoms with E-state index in [1.165, 1.54) is 37.2 Å². The Bertz CT molecular complexity index is 809. The van der Waals surface area contributed by atoms with Crippen molar-refractivity contribution in [1.29, 1.82) is 0 Å². The summed E-state index contributed by atoms with van der Waals surface area (Å²) in [5.74, 6) is -0.900. The molecule has 1 aromatic heterocycles. The van der Waals surface area contributed by atoms with Gasteiger partial charge in [0, 0.05) is 24.4 Å². The summed E-state index contributed by atoms with van der Waals surface area (Å²) in [5.41, 5.74) is 2.90. The van der Waals surface area contributed by atoms with Gasteiger partial charge in [0.05, 0.1) is 0 Å². The Morgan fingerprint density at radius 2 is 1.59 bits per heavy atom. The topological polar surface area (TPSA) is 61.3 Å². The Labute approximate surface area is 187 Å². The number of unbranched alkanes of at least 4 members (excludes halogenated alkanes) is 4. The number of alkyl halides is 3. The highest BCUT2D eigenvalue weighted by molar-refractivity contribution is 5.69. The molecular formula is C24H31F3N2O3. The van der Waals surface area contributed by atoms with E-state index in [2.05, 4.69) is 33.8 Å². The number of ether oxygens (including phenoxy) is 2. The summed E-state index contributed by atoms with van der Waals surface area (Å²) in [6, 6.07) is 7.87. The van der Waals surface area contributed by atoms with Gasteiger partial charge in [0.1, 0.15) is 6.61 Å². The van der Waals surface area contributed by atoms with Crippen LogP contribution in [0.15, 0.2) is 36.7 Å². The average Bonchev–Trinajstić information content (AvgIpc) is 2.78. The zero-order valence-electron chi connectivity index (χ0n) is 18.7. The van der Waals surface area contributed by atoms with E-state index in [0.717, 1.165) is 24.0 Å². The molecule has 0 aliphatic carbocycles. The lowest BCUT2D eigenvalue weighted by Gasteiger charge is -2.20. The van der Waals surface area contributed by atoms with Crippen LogP contribution >= 0.6 is 0 Å². The fourth-order valence-electron chi connectivity index (χ4n) is 3.04. The van der Waals surface area contributed by atoms with E-state index in [9.17, 15) is 18.0 Å². The van der Waals surface area contributed by atoms with Crippen molar-refractivity contribution in [3.8, 4) is 17.1 Å². The van der Waals surface area contributed by atoms with E-state index < -0.39 is 24.9 Å². The zero-order valence-corrected chi connectivity index (χ0v) is 18.7. The van der Waals surface area contributed by atoms with Crippen molar-refractivity contribution in [1.82, 2.24) is 9.97 Å². The minimum absolute atomic E-state index is 0.0637. The van der Waals surface area contributed by atoms with E-state index in [-0.39, 0.29) is 12.4 Å². The Morgan fingerprint density at radius 1 is 0.938 bits per heavy atom. The summed E-state index contributed by atoms with van der Waals surface area (Å²) in [6.07, 6.45) is 2.85. The van der Waals surface area contributed by atoms with Gasteiger partial charge in [-0.15, -0.1) is 0 Å². The van der Waals surface area contributed by atoms with E-state index >= 15 is 0 Å². The molecule has 0 radical (unpaired) electrons. The molecule has 0 bridgehead atoms. The average molecular weight is 453 g/mol. The maximum atomic E-state index is 13.1. The molecule has 0 saturated carbocycles. The van der Waals surface area contributed by atoms with Crippen LogP contribution < -0.4 is 4.74 Å². The lowest BCUT2D eigenvalue weighted by molar-refractivity contribution is -0.227. The number of rotatable bonds is 13.